The highest BCUT2D eigenvalue weighted by atomic mass is 35.5. The second kappa shape index (κ2) is 5.27. The average Bonchev–Trinajstić information content (AvgIpc) is 2.27. The molecule has 0 bridgehead atoms. The molecule has 5 nitrogen and oxygen atoms in total. The van der Waals surface area contributed by atoms with Crippen molar-refractivity contribution in [1.29, 1.82) is 0 Å². The van der Waals surface area contributed by atoms with Crippen LogP contribution in [0.2, 0.25) is 5.02 Å². The lowest BCUT2D eigenvalue weighted by molar-refractivity contribution is 0.0243. The van der Waals surface area contributed by atoms with E-state index in [4.69, 9.17) is 22.4 Å². The standard InChI is InChI=1S/C10H12ClNO4/c11-7-2-1-5(10(15)16)3-6(7)9(14)8(13)4-12/h1-3,8-9,13-14H,4,12H2,(H,15,16). The van der Waals surface area contributed by atoms with Gasteiger partial charge in [-0.2, -0.15) is 0 Å². The molecule has 0 aliphatic carbocycles. The largest absolute Gasteiger partial charge is 0.478 e. The van der Waals surface area contributed by atoms with Crippen LogP contribution in [0.1, 0.15) is 22.0 Å². The van der Waals surface area contributed by atoms with Crippen molar-refractivity contribution in [1.82, 2.24) is 0 Å². The Kier molecular flexibility index (Phi) is 4.26. The molecule has 0 aromatic heterocycles. The Morgan fingerprint density at radius 3 is 2.56 bits per heavy atom. The molecule has 0 heterocycles. The molecule has 1 aromatic carbocycles. The van der Waals surface area contributed by atoms with Gasteiger partial charge in [-0.05, 0) is 18.2 Å². The zero-order valence-electron chi connectivity index (χ0n) is 8.30. The van der Waals surface area contributed by atoms with E-state index < -0.39 is 18.2 Å². The van der Waals surface area contributed by atoms with Crippen LogP contribution in [0, 0.1) is 0 Å². The fourth-order valence-corrected chi connectivity index (χ4v) is 1.47. The number of aliphatic hydroxyl groups excluding tert-OH is 2. The number of nitrogens with two attached hydrogens (primary N) is 1. The molecule has 0 aliphatic rings. The van der Waals surface area contributed by atoms with Crippen LogP contribution in [0.5, 0.6) is 0 Å². The smallest absolute Gasteiger partial charge is 0.335 e. The number of benzene rings is 1. The van der Waals surface area contributed by atoms with Crippen molar-refractivity contribution in [2.24, 2.45) is 5.73 Å². The first-order valence-electron chi connectivity index (χ1n) is 4.56. The first-order chi connectivity index (χ1) is 7.47. The van der Waals surface area contributed by atoms with Crippen molar-refractivity contribution < 1.29 is 20.1 Å². The van der Waals surface area contributed by atoms with Crippen LogP contribution in [0.25, 0.3) is 0 Å². The summed E-state index contributed by atoms with van der Waals surface area (Å²) in [6.07, 6.45) is -2.47. The molecule has 16 heavy (non-hydrogen) atoms. The highest BCUT2D eigenvalue weighted by Gasteiger charge is 2.20. The van der Waals surface area contributed by atoms with Crippen LogP contribution in [0.3, 0.4) is 0 Å². The van der Waals surface area contributed by atoms with Crippen molar-refractivity contribution in [3.63, 3.8) is 0 Å². The van der Waals surface area contributed by atoms with Crippen LogP contribution < -0.4 is 5.73 Å². The summed E-state index contributed by atoms with van der Waals surface area (Å²) in [6.45, 7) is -0.144. The minimum atomic E-state index is -1.29. The molecule has 88 valence electrons. The molecule has 0 saturated carbocycles. The van der Waals surface area contributed by atoms with Gasteiger partial charge in [-0.15, -0.1) is 0 Å². The number of aromatic carboxylic acids is 1. The average molecular weight is 246 g/mol. The zero-order valence-corrected chi connectivity index (χ0v) is 9.05. The lowest BCUT2D eigenvalue weighted by Gasteiger charge is -2.17. The Morgan fingerprint density at radius 1 is 1.44 bits per heavy atom. The van der Waals surface area contributed by atoms with E-state index in [1.54, 1.807) is 0 Å². The number of hydrogen-bond donors (Lipinski definition) is 4. The van der Waals surface area contributed by atoms with Crippen molar-refractivity contribution in [2.75, 3.05) is 6.54 Å². The van der Waals surface area contributed by atoms with Gasteiger partial charge in [0.2, 0.25) is 0 Å². The van der Waals surface area contributed by atoms with Gasteiger partial charge in [0.1, 0.15) is 6.10 Å². The van der Waals surface area contributed by atoms with Crippen LogP contribution in [0.15, 0.2) is 18.2 Å². The molecule has 1 rings (SSSR count). The lowest BCUT2D eigenvalue weighted by Crippen LogP contribution is -2.27. The molecule has 5 N–H and O–H groups in total. The molecule has 0 fully saturated rings. The lowest BCUT2D eigenvalue weighted by atomic mass is 10.0. The molecule has 0 spiro atoms. The molecule has 2 unspecified atom stereocenters. The van der Waals surface area contributed by atoms with Crippen LogP contribution in [0.4, 0.5) is 0 Å². The van der Waals surface area contributed by atoms with Gasteiger partial charge in [0.25, 0.3) is 0 Å². The minimum absolute atomic E-state index is 0.0114. The summed E-state index contributed by atoms with van der Waals surface area (Å²) in [5.74, 6) is -1.13. The summed E-state index contributed by atoms with van der Waals surface area (Å²) in [4.78, 5) is 10.7. The number of carbonyl (C=O) groups is 1. The number of carboxylic acid groups (broad SMARTS) is 1. The van der Waals surface area contributed by atoms with Gasteiger partial charge < -0.3 is 21.1 Å². The molecular weight excluding hydrogens is 234 g/mol. The molecule has 0 amide bonds. The number of rotatable bonds is 4. The van der Waals surface area contributed by atoms with Gasteiger partial charge in [0.05, 0.1) is 11.7 Å². The molecule has 1 aromatic rings. The van der Waals surface area contributed by atoms with E-state index in [0.717, 1.165) is 0 Å². The second-order valence-electron chi connectivity index (χ2n) is 3.29. The first-order valence-corrected chi connectivity index (χ1v) is 4.94. The van der Waals surface area contributed by atoms with Crippen molar-refractivity contribution in [2.45, 2.75) is 12.2 Å². The number of hydrogen-bond acceptors (Lipinski definition) is 4. The molecule has 0 radical (unpaired) electrons. The summed E-state index contributed by atoms with van der Waals surface area (Å²) >= 11 is 5.79. The Bertz CT molecular complexity index is 396. The molecular formula is C10H12ClNO4. The van der Waals surface area contributed by atoms with Crippen LogP contribution >= 0.6 is 11.6 Å². The normalized spacial score (nSPS) is 14.5. The number of halogens is 1. The van der Waals surface area contributed by atoms with Crippen LogP contribution in [-0.4, -0.2) is 33.9 Å². The molecule has 0 saturated heterocycles. The quantitative estimate of drug-likeness (QED) is 0.614. The van der Waals surface area contributed by atoms with E-state index in [0.29, 0.717) is 0 Å². The van der Waals surface area contributed by atoms with E-state index in [2.05, 4.69) is 0 Å². The third-order valence-corrected chi connectivity index (χ3v) is 2.51. The van der Waals surface area contributed by atoms with Gasteiger partial charge in [-0.1, -0.05) is 11.6 Å². The molecule has 0 aliphatic heterocycles. The second-order valence-corrected chi connectivity index (χ2v) is 3.70. The zero-order chi connectivity index (χ0) is 12.3. The van der Waals surface area contributed by atoms with Gasteiger partial charge >= 0.3 is 5.97 Å². The molecule has 2 atom stereocenters. The number of aliphatic hydroxyl groups is 2. The van der Waals surface area contributed by atoms with Crippen molar-refractivity contribution in [3.05, 3.63) is 34.3 Å². The summed E-state index contributed by atoms with van der Waals surface area (Å²) < 4.78 is 0. The summed E-state index contributed by atoms with van der Waals surface area (Å²) in [5.41, 5.74) is 5.33. The topological polar surface area (TPSA) is 104 Å². The minimum Gasteiger partial charge on any atom is -0.478 e. The van der Waals surface area contributed by atoms with Gasteiger partial charge in [0.15, 0.2) is 0 Å². The highest BCUT2D eigenvalue weighted by molar-refractivity contribution is 6.31. The van der Waals surface area contributed by atoms with Crippen molar-refractivity contribution >= 4 is 17.6 Å². The Hall–Kier alpha value is -1.14. The molecule has 6 heteroatoms. The van der Waals surface area contributed by atoms with Crippen LogP contribution in [-0.2, 0) is 0 Å². The summed E-state index contributed by atoms with van der Waals surface area (Å²) in [5, 5.41) is 28.0. The SMILES string of the molecule is NCC(O)C(O)c1cc(C(=O)O)ccc1Cl. The maximum Gasteiger partial charge on any atom is 0.335 e. The maximum absolute atomic E-state index is 10.7. The Morgan fingerprint density at radius 2 is 2.06 bits per heavy atom. The van der Waals surface area contributed by atoms with Crippen molar-refractivity contribution in [3.8, 4) is 0 Å². The summed E-state index contributed by atoms with van der Waals surface area (Å²) in [7, 11) is 0. The third kappa shape index (κ3) is 2.70. The summed E-state index contributed by atoms with van der Waals surface area (Å²) in [6, 6.07) is 3.89. The first kappa shape index (κ1) is 12.9. The van der Waals surface area contributed by atoms with Gasteiger partial charge in [-0.25, -0.2) is 4.79 Å². The van der Waals surface area contributed by atoms with E-state index in [1.165, 1.54) is 18.2 Å². The van der Waals surface area contributed by atoms with Gasteiger partial charge in [-0.3, -0.25) is 0 Å². The van der Waals surface area contributed by atoms with Gasteiger partial charge in [0, 0.05) is 17.1 Å². The van der Waals surface area contributed by atoms with E-state index in [-0.39, 0.29) is 22.7 Å². The maximum atomic E-state index is 10.7. The third-order valence-electron chi connectivity index (χ3n) is 2.17. The van der Waals surface area contributed by atoms with E-state index in [1.807, 2.05) is 0 Å². The Balaban J connectivity index is 3.11. The predicted octanol–water partition coefficient (Wildman–Crippen LogP) is 0.391. The highest BCUT2D eigenvalue weighted by Crippen LogP contribution is 2.26. The predicted molar refractivity (Wildman–Crippen MR) is 58.4 cm³/mol. The fourth-order valence-electron chi connectivity index (χ4n) is 1.24. The van der Waals surface area contributed by atoms with E-state index in [9.17, 15) is 15.0 Å². The van der Waals surface area contributed by atoms with E-state index >= 15 is 0 Å². The number of carboxylic acids is 1. The Labute approximate surface area is 97.1 Å². The monoisotopic (exact) mass is 245 g/mol. The fraction of sp³-hybridized carbons (Fsp3) is 0.300.